The van der Waals surface area contributed by atoms with Crippen molar-refractivity contribution in [3.05, 3.63) is 48.2 Å². The number of nitrogens with zero attached hydrogens (tertiary/aromatic N) is 5. The maximum atomic E-state index is 6.27. The Kier molecular flexibility index (Phi) is 3.39. The fraction of sp³-hybridized carbons (Fsp3) is 0.474. The van der Waals surface area contributed by atoms with Crippen LogP contribution in [0.3, 0.4) is 0 Å². The van der Waals surface area contributed by atoms with Crippen molar-refractivity contribution in [3.8, 4) is 5.82 Å². The van der Waals surface area contributed by atoms with Crippen LogP contribution in [0.2, 0.25) is 0 Å². The Morgan fingerprint density at radius 3 is 2.73 bits per heavy atom. The first-order chi connectivity index (χ1) is 12.6. The molecule has 7 heteroatoms. The third-order valence-corrected chi connectivity index (χ3v) is 5.61. The van der Waals surface area contributed by atoms with Gasteiger partial charge in [0.15, 0.2) is 5.82 Å². The van der Waals surface area contributed by atoms with Gasteiger partial charge in [-0.15, -0.1) is 10.2 Å². The molecule has 26 heavy (non-hydrogen) atoms. The largest absolute Gasteiger partial charge is 0.372 e. The zero-order valence-electron chi connectivity index (χ0n) is 14.8. The van der Waals surface area contributed by atoms with E-state index in [2.05, 4.69) is 24.7 Å². The number of allylic oxidation sites excluding steroid dienone is 1. The summed E-state index contributed by atoms with van der Waals surface area (Å²) >= 11 is 0. The highest BCUT2D eigenvalue weighted by atomic mass is 16.5. The van der Waals surface area contributed by atoms with E-state index in [1.807, 2.05) is 37.3 Å². The summed E-state index contributed by atoms with van der Waals surface area (Å²) in [4.78, 5) is 9.22. The van der Waals surface area contributed by atoms with E-state index < -0.39 is 0 Å². The highest BCUT2D eigenvalue weighted by molar-refractivity contribution is 6.07. The van der Waals surface area contributed by atoms with Crippen LogP contribution in [-0.4, -0.2) is 50.3 Å². The molecule has 134 valence electrons. The van der Waals surface area contributed by atoms with Gasteiger partial charge in [-0.05, 0) is 44.4 Å². The van der Waals surface area contributed by atoms with Crippen molar-refractivity contribution in [1.29, 1.82) is 0 Å². The van der Waals surface area contributed by atoms with Gasteiger partial charge in [-0.1, -0.05) is 12.1 Å². The third-order valence-electron chi connectivity index (χ3n) is 5.61. The molecule has 7 nitrogen and oxygen atoms in total. The van der Waals surface area contributed by atoms with Gasteiger partial charge in [-0.3, -0.25) is 9.56 Å². The summed E-state index contributed by atoms with van der Waals surface area (Å²) in [5.74, 6) is 2.52. The Morgan fingerprint density at radius 2 is 2.12 bits per heavy atom. The number of nitrogens with two attached hydrogens (primary N) is 1. The molecule has 1 unspecified atom stereocenters. The van der Waals surface area contributed by atoms with Crippen LogP contribution >= 0.6 is 0 Å². The van der Waals surface area contributed by atoms with Gasteiger partial charge in [0.2, 0.25) is 0 Å². The number of rotatable bonds is 5. The van der Waals surface area contributed by atoms with Crippen molar-refractivity contribution in [2.24, 2.45) is 10.7 Å². The zero-order chi connectivity index (χ0) is 17.8. The Bertz CT molecular complexity index is 880. The minimum Gasteiger partial charge on any atom is -0.372 e. The van der Waals surface area contributed by atoms with Crippen LogP contribution in [0, 0.1) is 0 Å². The molecule has 2 N–H and O–H groups in total. The first-order valence-corrected chi connectivity index (χ1v) is 9.13. The molecule has 3 aliphatic carbocycles. The highest BCUT2D eigenvalue weighted by Gasteiger charge is 2.69. The van der Waals surface area contributed by atoms with Crippen LogP contribution < -0.4 is 5.73 Å². The normalized spacial score (nSPS) is 31.9. The molecule has 0 amide bonds. The molecule has 0 radical (unpaired) electrons. The maximum absolute atomic E-state index is 6.27. The molecule has 1 atom stereocenters. The molecule has 6 rings (SSSR count). The minimum atomic E-state index is 0.00797. The Labute approximate surface area is 152 Å². The SMILES string of the molecule is CCOC1C=CC(c2nnc(C34CC(N)(C3)C4)n2-c2ccccn2)=NC1. The van der Waals surface area contributed by atoms with Gasteiger partial charge >= 0.3 is 0 Å². The highest BCUT2D eigenvalue weighted by Crippen LogP contribution is 2.66. The number of ether oxygens (including phenoxy) is 1. The summed E-state index contributed by atoms with van der Waals surface area (Å²) in [5, 5.41) is 9.05. The standard InChI is InChI=1S/C19H22N6O/c1-2-26-13-6-7-14(22-9-13)16-23-24-17(18-10-19(20,11-18)12-18)25(16)15-5-3-4-8-21-15/h3-8,13H,2,9-12,20H2,1H3. The molecule has 2 bridgehead atoms. The number of hydrogen-bond acceptors (Lipinski definition) is 6. The second-order valence-electron chi connectivity index (χ2n) is 7.62. The number of hydrogen-bond donors (Lipinski definition) is 1. The van der Waals surface area contributed by atoms with E-state index in [1.165, 1.54) is 0 Å². The van der Waals surface area contributed by atoms with Crippen molar-refractivity contribution in [1.82, 2.24) is 19.7 Å². The first-order valence-electron chi connectivity index (χ1n) is 9.13. The molecule has 2 aromatic rings. The van der Waals surface area contributed by atoms with Gasteiger partial charge in [-0.25, -0.2) is 4.98 Å². The van der Waals surface area contributed by atoms with E-state index in [9.17, 15) is 0 Å². The van der Waals surface area contributed by atoms with E-state index in [1.54, 1.807) is 6.20 Å². The van der Waals surface area contributed by atoms with Crippen LogP contribution in [-0.2, 0) is 10.2 Å². The fourth-order valence-electron chi connectivity index (χ4n) is 4.57. The first kappa shape index (κ1) is 15.8. The molecule has 0 saturated heterocycles. The van der Waals surface area contributed by atoms with Crippen molar-refractivity contribution in [2.45, 2.75) is 43.2 Å². The van der Waals surface area contributed by atoms with Gasteiger partial charge < -0.3 is 10.5 Å². The topological polar surface area (TPSA) is 91.2 Å². The molecule has 3 saturated carbocycles. The average molecular weight is 350 g/mol. The second kappa shape index (κ2) is 5.56. The minimum absolute atomic E-state index is 0.00797. The lowest BCUT2D eigenvalue weighted by molar-refractivity contribution is -0.0665. The summed E-state index contributed by atoms with van der Waals surface area (Å²) in [6, 6.07) is 5.87. The van der Waals surface area contributed by atoms with Gasteiger partial charge in [0, 0.05) is 23.8 Å². The van der Waals surface area contributed by atoms with Crippen LogP contribution in [0.4, 0.5) is 0 Å². The summed E-state index contributed by atoms with van der Waals surface area (Å²) < 4.78 is 7.68. The van der Waals surface area contributed by atoms with Crippen LogP contribution in [0.25, 0.3) is 5.82 Å². The molecule has 3 fully saturated rings. The van der Waals surface area contributed by atoms with Crippen molar-refractivity contribution >= 4 is 5.71 Å². The Morgan fingerprint density at radius 1 is 1.27 bits per heavy atom. The monoisotopic (exact) mass is 350 g/mol. The van der Waals surface area contributed by atoms with Crippen LogP contribution in [0.15, 0.2) is 41.5 Å². The second-order valence-corrected chi connectivity index (χ2v) is 7.62. The third kappa shape index (κ3) is 2.27. The molecular weight excluding hydrogens is 328 g/mol. The molecule has 4 aliphatic rings. The van der Waals surface area contributed by atoms with Crippen molar-refractivity contribution < 1.29 is 4.74 Å². The van der Waals surface area contributed by atoms with Gasteiger partial charge in [0.25, 0.3) is 0 Å². The maximum Gasteiger partial charge on any atom is 0.187 e. The molecule has 1 aliphatic heterocycles. The lowest BCUT2D eigenvalue weighted by Crippen LogP contribution is -2.75. The molecule has 2 aromatic heterocycles. The Balaban J connectivity index is 1.55. The molecular formula is C19H22N6O. The lowest BCUT2D eigenvalue weighted by Gasteiger charge is -2.68. The van der Waals surface area contributed by atoms with E-state index in [0.717, 1.165) is 42.4 Å². The van der Waals surface area contributed by atoms with Crippen molar-refractivity contribution in [3.63, 3.8) is 0 Å². The smallest absolute Gasteiger partial charge is 0.187 e. The lowest BCUT2D eigenvalue weighted by atomic mass is 9.39. The summed E-state index contributed by atoms with van der Waals surface area (Å²) in [7, 11) is 0. The molecule has 0 aromatic carbocycles. The predicted molar refractivity (Wildman–Crippen MR) is 97.6 cm³/mol. The number of dihydropyridines is 1. The quantitative estimate of drug-likeness (QED) is 0.883. The fourth-order valence-corrected chi connectivity index (χ4v) is 4.57. The Hall–Kier alpha value is -2.38. The summed E-state index contributed by atoms with van der Waals surface area (Å²) in [6.45, 7) is 3.27. The molecule has 0 spiro atoms. The summed E-state index contributed by atoms with van der Waals surface area (Å²) in [6.07, 6.45) is 8.75. The number of pyridine rings is 1. The number of aliphatic imine (C=N–C) groups is 1. The van der Waals surface area contributed by atoms with E-state index in [0.29, 0.717) is 13.2 Å². The van der Waals surface area contributed by atoms with Gasteiger partial charge in [0.05, 0.1) is 12.6 Å². The van der Waals surface area contributed by atoms with E-state index in [4.69, 9.17) is 10.5 Å². The molecule has 3 heterocycles. The van der Waals surface area contributed by atoms with Gasteiger partial charge in [-0.2, -0.15) is 0 Å². The summed E-state index contributed by atoms with van der Waals surface area (Å²) in [5.41, 5.74) is 7.14. The predicted octanol–water partition coefficient (Wildman–Crippen LogP) is 1.56. The van der Waals surface area contributed by atoms with Gasteiger partial charge in [0.1, 0.15) is 17.4 Å². The van der Waals surface area contributed by atoms with E-state index >= 15 is 0 Å². The average Bonchev–Trinajstić information content (AvgIpc) is 3.05. The number of aromatic nitrogens is 4. The van der Waals surface area contributed by atoms with E-state index in [-0.39, 0.29) is 17.1 Å². The van der Waals surface area contributed by atoms with Crippen molar-refractivity contribution in [2.75, 3.05) is 13.2 Å². The van der Waals surface area contributed by atoms with Crippen LogP contribution in [0.1, 0.15) is 37.8 Å². The zero-order valence-corrected chi connectivity index (χ0v) is 14.8. The van der Waals surface area contributed by atoms with Crippen LogP contribution in [0.5, 0.6) is 0 Å².